The Balaban J connectivity index is 1.53. The fourth-order valence-corrected chi connectivity index (χ4v) is 3.04. The van der Waals surface area contributed by atoms with Crippen molar-refractivity contribution >= 4 is 35.1 Å². The van der Waals surface area contributed by atoms with Crippen LogP contribution in [0.15, 0.2) is 72.5 Å². The molecule has 7 nitrogen and oxygen atoms in total. The first-order valence-electron chi connectivity index (χ1n) is 8.72. The van der Waals surface area contributed by atoms with E-state index < -0.39 is 10.9 Å². The molecule has 0 radical (unpaired) electrons. The van der Waals surface area contributed by atoms with Gasteiger partial charge >= 0.3 is 5.97 Å². The molecule has 0 unspecified atom stereocenters. The molecule has 8 heteroatoms. The minimum Gasteiger partial charge on any atom is -0.452 e. The molecule has 0 saturated heterocycles. The summed E-state index contributed by atoms with van der Waals surface area (Å²) in [7, 11) is 0. The van der Waals surface area contributed by atoms with Crippen LogP contribution in [0.5, 0.6) is 11.5 Å². The number of Topliss-reactive ketones (excluding diaryl/α,β-unsaturated/α-hetero) is 1. The molecule has 0 saturated carbocycles. The monoisotopic (exact) mass is 421 g/mol. The molecule has 1 aliphatic heterocycles. The van der Waals surface area contributed by atoms with Crippen molar-refractivity contribution in [3.05, 3.63) is 104 Å². The molecule has 0 bridgehead atoms. The second kappa shape index (κ2) is 7.81. The van der Waals surface area contributed by atoms with Gasteiger partial charge in [0.1, 0.15) is 11.5 Å². The van der Waals surface area contributed by atoms with E-state index >= 15 is 0 Å². The average molecular weight is 422 g/mol. The third-order valence-corrected chi connectivity index (χ3v) is 4.70. The van der Waals surface area contributed by atoms with Gasteiger partial charge < -0.3 is 9.47 Å². The SMILES string of the molecule is O=C(Oc1ccc2c(c1)OC(=Cc1ccccc1Cl)C2=O)c1ccc([N+](=O)[O-])cc1. The topological polar surface area (TPSA) is 95.7 Å². The molecular weight excluding hydrogens is 410 g/mol. The molecule has 0 aromatic heterocycles. The largest absolute Gasteiger partial charge is 0.452 e. The second-order valence-electron chi connectivity index (χ2n) is 6.31. The Hall–Kier alpha value is -3.97. The molecule has 1 aliphatic rings. The van der Waals surface area contributed by atoms with Gasteiger partial charge in [-0.15, -0.1) is 0 Å². The predicted molar refractivity (Wildman–Crippen MR) is 109 cm³/mol. The van der Waals surface area contributed by atoms with E-state index in [-0.39, 0.29) is 34.3 Å². The minimum absolute atomic E-state index is 0.108. The van der Waals surface area contributed by atoms with Gasteiger partial charge in [0.05, 0.1) is 16.1 Å². The van der Waals surface area contributed by atoms with Gasteiger partial charge in [-0.25, -0.2) is 4.79 Å². The number of ether oxygens (including phenoxy) is 2. The van der Waals surface area contributed by atoms with Gasteiger partial charge in [-0.1, -0.05) is 29.8 Å². The van der Waals surface area contributed by atoms with E-state index in [2.05, 4.69) is 0 Å². The summed E-state index contributed by atoms with van der Waals surface area (Å²) >= 11 is 6.12. The Morgan fingerprint density at radius 3 is 2.50 bits per heavy atom. The van der Waals surface area contributed by atoms with Gasteiger partial charge in [-0.05, 0) is 42.0 Å². The lowest BCUT2D eigenvalue weighted by Crippen LogP contribution is -2.08. The van der Waals surface area contributed by atoms with Crippen LogP contribution in [-0.4, -0.2) is 16.7 Å². The van der Waals surface area contributed by atoms with E-state index in [9.17, 15) is 19.7 Å². The number of rotatable bonds is 4. The Labute approximate surface area is 175 Å². The number of non-ortho nitro benzene ring substituents is 1. The van der Waals surface area contributed by atoms with Gasteiger partial charge in [0.2, 0.25) is 5.78 Å². The lowest BCUT2D eigenvalue weighted by atomic mass is 10.1. The molecule has 0 amide bonds. The lowest BCUT2D eigenvalue weighted by molar-refractivity contribution is -0.384. The number of esters is 1. The van der Waals surface area contributed by atoms with E-state index in [0.29, 0.717) is 16.1 Å². The van der Waals surface area contributed by atoms with Gasteiger partial charge in [0.15, 0.2) is 5.76 Å². The summed E-state index contributed by atoms with van der Waals surface area (Å²) < 4.78 is 10.9. The fraction of sp³-hybridized carbons (Fsp3) is 0. The molecule has 0 N–H and O–H groups in total. The number of hydrogen-bond donors (Lipinski definition) is 0. The molecule has 3 aromatic rings. The van der Waals surface area contributed by atoms with Crippen LogP contribution < -0.4 is 9.47 Å². The van der Waals surface area contributed by atoms with Gasteiger partial charge in [-0.2, -0.15) is 0 Å². The van der Waals surface area contributed by atoms with E-state index in [0.717, 1.165) is 0 Å². The highest BCUT2D eigenvalue weighted by atomic mass is 35.5. The number of nitrogens with zero attached hydrogens (tertiary/aromatic N) is 1. The number of benzene rings is 3. The number of allylic oxidation sites excluding steroid dienone is 1. The van der Waals surface area contributed by atoms with Crippen LogP contribution in [0.3, 0.4) is 0 Å². The molecule has 0 fully saturated rings. The van der Waals surface area contributed by atoms with Crippen molar-refractivity contribution in [3.63, 3.8) is 0 Å². The third kappa shape index (κ3) is 3.78. The Morgan fingerprint density at radius 2 is 1.80 bits per heavy atom. The second-order valence-corrected chi connectivity index (χ2v) is 6.72. The highest BCUT2D eigenvalue weighted by Gasteiger charge is 2.28. The van der Waals surface area contributed by atoms with Gasteiger partial charge in [-0.3, -0.25) is 14.9 Å². The van der Waals surface area contributed by atoms with E-state index in [1.54, 1.807) is 30.3 Å². The quantitative estimate of drug-likeness (QED) is 0.191. The Morgan fingerprint density at radius 1 is 1.07 bits per heavy atom. The molecular formula is C22H12ClNO6. The van der Waals surface area contributed by atoms with Crippen LogP contribution in [0.4, 0.5) is 5.69 Å². The maximum Gasteiger partial charge on any atom is 0.343 e. The van der Waals surface area contributed by atoms with E-state index in [1.165, 1.54) is 42.5 Å². The first-order valence-corrected chi connectivity index (χ1v) is 9.09. The molecule has 148 valence electrons. The Bertz CT molecular complexity index is 1220. The summed E-state index contributed by atoms with van der Waals surface area (Å²) in [5, 5.41) is 11.2. The predicted octanol–water partition coefficient (Wildman–Crippen LogP) is 5.08. The summed E-state index contributed by atoms with van der Waals surface area (Å²) in [6.07, 6.45) is 1.55. The standard InChI is InChI=1S/C22H12ClNO6/c23-18-4-2-1-3-14(18)11-20-21(25)17-10-9-16(12-19(17)30-20)29-22(26)13-5-7-15(8-6-13)24(27)28/h1-12H. The van der Waals surface area contributed by atoms with E-state index in [4.69, 9.17) is 21.1 Å². The highest BCUT2D eigenvalue weighted by Crippen LogP contribution is 2.35. The number of nitro groups is 1. The van der Waals surface area contributed by atoms with Crippen molar-refractivity contribution in [2.24, 2.45) is 0 Å². The average Bonchev–Trinajstić information content (AvgIpc) is 3.04. The van der Waals surface area contributed by atoms with Crippen LogP contribution in [0, 0.1) is 10.1 Å². The molecule has 30 heavy (non-hydrogen) atoms. The number of nitro benzene ring substituents is 1. The summed E-state index contributed by atoms with van der Waals surface area (Å²) in [5.41, 5.74) is 0.995. The van der Waals surface area contributed by atoms with Crippen molar-refractivity contribution in [2.75, 3.05) is 0 Å². The van der Waals surface area contributed by atoms with Crippen molar-refractivity contribution < 1.29 is 24.0 Å². The van der Waals surface area contributed by atoms with E-state index in [1.807, 2.05) is 0 Å². The van der Waals surface area contributed by atoms with Crippen LogP contribution in [0.1, 0.15) is 26.3 Å². The number of carbonyl (C=O) groups excluding carboxylic acids is 2. The van der Waals surface area contributed by atoms with Crippen molar-refractivity contribution in [2.45, 2.75) is 0 Å². The van der Waals surface area contributed by atoms with Gasteiger partial charge in [0.25, 0.3) is 5.69 Å². The number of carbonyl (C=O) groups is 2. The number of hydrogen-bond acceptors (Lipinski definition) is 6. The number of halogens is 1. The molecule has 1 heterocycles. The zero-order valence-corrected chi connectivity index (χ0v) is 16.0. The van der Waals surface area contributed by atoms with Crippen LogP contribution in [-0.2, 0) is 0 Å². The maximum atomic E-state index is 12.6. The summed E-state index contributed by atoms with van der Waals surface area (Å²) in [4.78, 5) is 35.0. The number of fused-ring (bicyclic) bond motifs is 1. The van der Waals surface area contributed by atoms with Gasteiger partial charge in [0, 0.05) is 23.2 Å². The molecule has 4 rings (SSSR count). The minimum atomic E-state index is -0.694. The highest BCUT2D eigenvalue weighted by molar-refractivity contribution is 6.32. The van der Waals surface area contributed by atoms with Crippen LogP contribution >= 0.6 is 11.6 Å². The summed E-state index contributed by atoms with van der Waals surface area (Å²) in [6.45, 7) is 0. The van der Waals surface area contributed by atoms with Crippen molar-refractivity contribution in [1.29, 1.82) is 0 Å². The Kier molecular flexibility index (Phi) is 5.04. The van der Waals surface area contributed by atoms with Crippen molar-refractivity contribution in [1.82, 2.24) is 0 Å². The molecule has 0 spiro atoms. The number of ketones is 1. The fourth-order valence-electron chi connectivity index (χ4n) is 2.85. The first-order chi connectivity index (χ1) is 14.4. The molecule has 3 aromatic carbocycles. The summed E-state index contributed by atoms with van der Waals surface area (Å²) in [5.74, 6) is -0.465. The third-order valence-electron chi connectivity index (χ3n) is 4.36. The zero-order chi connectivity index (χ0) is 21.3. The van der Waals surface area contributed by atoms with Crippen LogP contribution in [0.25, 0.3) is 6.08 Å². The van der Waals surface area contributed by atoms with Crippen LogP contribution in [0.2, 0.25) is 5.02 Å². The zero-order valence-electron chi connectivity index (χ0n) is 15.2. The van der Waals surface area contributed by atoms with Crippen molar-refractivity contribution in [3.8, 4) is 11.5 Å². The smallest absolute Gasteiger partial charge is 0.343 e. The lowest BCUT2D eigenvalue weighted by Gasteiger charge is -2.05. The summed E-state index contributed by atoms with van der Waals surface area (Å²) in [6, 6.07) is 16.5. The molecule has 0 aliphatic carbocycles. The molecule has 0 atom stereocenters. The maximum absolute atomic E-state index is 12.6. The first kappa shape index (κ1) is 19.4. The normalized spacial score (nSPS) is 13.6.